The minimum absolute atomic E-state index is 0.00759. The van der Waals surface area contributed by atoms with Gasteiger partial charge >= 0.3 is 0 Å². The Bertz CT molecular complexity index is 871. The quantitative estimate of drug-likeness (QED) is 0.802. The van der Waals surface area contributed by atoms with Gasteiger partial charge in [-0.3, -0.25) is 4.79 Å². The normalized spacial score (nSPS) is 17.5. The Morgan fingerprint density at radius 2 is 1.88 bits per heavy atom. The van der Waals surface area contributed by atoms with Gasteiger partial charge < -0.3 is 10.2 Å². The number of aryl methyl sites for hydroxylation is 1. The molecular weight excluding hydrogens is 342 g/mol. The monoisotopic (exact) mass is 355 g/mol. The molecule has 0 radical (unpaired) electrons. The predicted molar refractivity (Wildman–Crippen MR) is 97.6 cm³/mol. The van der Waals surface area contributed by atoms with Gasteiger partial charge in [-0.2, -0.15) is 5.26 Å². The topological polar surface area (TPSA) is 56.1 Å². The van der Waals surface area contributed by atoms with Crippen LogP contribution in [-0.2, 0) is 4.79 Å². The average molecular weight is 356 g/mol. The summed E-state index contributed by atoms with van der Waals surface area (Å²) in [6, 6.07) is 16.9. The second kappa shape index (κ2) is 6.60. The standard InChI is InChI=1S/C18H14ClN3OS/c1-11-4-2-3-5-15(11)22-16(12-6-8-13(19)9-7-12)21-17(23)14(10-20)18(22)24/h2-9,16,24H,1H3,(H,21,23)/t16-/m1/s1. The molecule has 0 unspecified atom stereocenters. The molecule has 0 aliphatic carbocycles. The number of hydrogen-bond acceptors (Lipinski definition) is 4. The molecule has 3 rings (SSSR count). The van der Waals surface area contributed by atoms with E-state index in [2.05, 4.69) is 17.9 Å². The van der Waals surface area contributed by atoms with Crippen molar-refractivity contribution in [1.82, 2.24) is 5.32 Å². The number of nitriles is 1. The lowest BCUT2D eigenvalue weighted by Gasteiger charge is -2.38. The van der Waals surface area contributed by atoms with Crippen LogP contribution in [0.25, 0.3) is 0 Å². The van der Waals surface area contributed by atoms with Crippen molar-refractivity contribution in [2.24, 2.45) is 0 Å². The number of thiol groups is 1. The number of halogens is 1. The predicted octanol–water partition coefficient (Wildman–Crippen LogP) is 3.95. The lowest BCUT2D eigenvalue weighted by Crippen LogP contribution is -2.46. The van der Waals surface area contributed by atoms with Crippen molar-refractivity contribution in [3.05, 3.63) is 75.3 Å². The first-order valence-electron chi connectivity index (χ1n) is 7.27. The Hall–Kier alpha value is -2.42. The number of para-hydroxylation sites is 1. The Balaban J connectivity index is 2.19. The van der Waals surface area contributed by atoms with Crippen LogP contribution >= 0.6 is 24.2 Å². The summed E-state index contributed by atoms with van der Waals surface area (Å²) >= 11 is 10.4. The molecule has 2 aromatic carbocycles. The van der Waals surface area contributed by atoms with Crippen LogP contribution in [0.2, 0.25) is 5.02 Å². The van der Waals surface area contributed by atoms with Gasteiger partial charge in [-0.05, 0) is 36.2 Å². The highest BCUT2D eigenvalue weighted by Crippen LogP contribution is 2.37. The van der Waals surface area contributed by atoms with Crippen LogP contribution in [0.5, 0.6) is 0 Å². The molecule has 0 aromatic heterocycles. The molecule has 1 atom stereocenters. The highest BCUT2D eigenvalue weighted by Gasteiger charge is 2.34. The maximum Gasteiger partial charge on any atom is 0.266 e. The lowest BCUT2D eigenvalue weighted by molar-refractivity contribution is -0.118. The third kappa shape index (κ3) is 2.86. The van der Waals surface area contributed by atoms with E-state index in [1.165, 1.54) is 0 Å². The van der Waals surface area contributed by atoms with E-state index in [1.807, 2.05) is 54.3 Å². The number of nitrogens with zero attached hydrogens (tertiary/aromatic N) is 2. The van der Waals surface area contributed by atoms with E-state index in [4.69, 9.17) is 11.6 Å². The SMILES string of the molecule is Cc1ccccc1N1C(S)=C(C#N)C(=O)N[C@H]1c1ccc(Cl)cc1. The Labute approximate surface area is 150 Å². The van der Waals surface area contributed by atoms with Gasteiger partial charge in [0, 0.05) is 10.7 Å². The van der Waals surface area contributed by atoms with Gasteiger partial charge in [-0.15, -0.1) is 12.6 Å². The minimum atomic E-state index is -0.472. The van der Waals surface area contributed by atoms with Crippen LogP contribution in [0.15, 0.2) is 59.1 Å². The number of rotatable bonds is 2. The molecule has 24 heavy (non-hydrogen) atoms. The summed E-state index contributed by atoms with van der Waals surface area (Å²) in [5, 5.41) is 13.1. The molecule has 1 aliphatic rings. The second-order valence-corrected chi connectivity index (χ2v) is 6.25. The number of nitrogens with one attached hydrogen (secondary N) is 1. The van der Waals surface area contributed by atoms with E-state index in [0.717, 1.165) is 16.8 Å². The summed E-state index contributed by atoms with van der Waals surface area (Å²) in [6.07, 6.45) is -0.472. The highest BCUT2D eigenvalue weighted by atomic mass is 35.5. The number of amides is 1. The van der Waals surface area contributed by atoms with Gasteiger partial charge in [-0.1, -0.05) is 41.9 Å². The van der Waals surface area contributed by atoms with Crippen molar-refractivity contribution in [3.63, 3.8) is 0 Å². The summed E-state index contributed by atoms with van der Waals surface area (Å²) in [6.45, 7) is 1.97. The Morgan fingerprint density at radius 3 is 2.50 bits per heavy atom. The van der Waals surface area contributed by atoms with E-state index >= 15 is 0 Å². The van der Waals surface area contributed by atoms with Gasteiger partial charge in [0.2, 0.25) is 0 Å². The van der Waals surface area contributed by atoms with Crippen molar-refractivity contribution < 1.29 is 4.79 Å². The Kier molecular flexibility index (Phi) is 4.52. The fourth-order valence-electron chi connectivity index (χ4n) is 2.67. The zero-order valence-electron chi connectivity index (χ0n) is 12.8. The molecule has 0 spiro atoms. The molecule has 4 nitrogen and oxygen atoms in total. The molecular formula is C18H14ClN3OS. The smallest absolute Gasteiger partial charge is 0.266 e. The van der Waals surface area contributed by atoms with Crippen molar-refractivity contribution in [3.8, 4) is 6.07 Å². The molecule has 1 amide bonds. The van der Waals surface area contributed by atoms with Crippen LogP contribution in [-0.4, -0.2) is 5.91 Å². The van der Waals surface area contributed by atoms with E-state index in [9.17, 15) is 10.1 Å². The molecule has 0 saturated carbocycles. The zero-order valence-corrected chi connectivity index (χ0v) is 14.5. The summed E-state index contributed by atoms with van der Waals surface area (Å²) in [5.74, 6) is -0.438. The maximum atomic E-state index is 12.3. The van der Waals surface area contributed by atoms with Gasteiger partial charge in [0.05, 0.1) is 5.03 Å². The number of benzene rings is 2. The van der Waals surface area contributed by atoms with Crippen molar-refractivity contribution in [1.29, 1.82) is 5.26 Å². The average Bonchev–Trinajstić information content (AvgIpc) is 2.57. The lowest BCUT2D eigenvalue weighted by atomic mass is 10.1. The van der Waals surface area contributed by atoms with Gasteiger partial charge in [-0.25, -0.2) is 0 Å². The van der Waals surface area contributed by atoms with E-state index in [0.29, 0.717) is 10.1 Å². The second-order valence-electron chi connectivity index (χ2n) is 5.39. The number of hydrogen-bond donors (Lipinski definition) is 2. The molecule has 1 aliphatic heterocycles. The molecule has 1 heterocycles. The molecule has 2 aromatic rings. The maximum absolute atomic E-state index is 12.3. The molecule has 0 bridgehead atoms. The van der Waals surface area contributed by atoms with Gasteiger partial charge in [0.15, 0.2) is 0 Å². The first kappa shape index (κ1) is 16.4. The van der Waals surface area contributed by atoms with Gasteiger partial charge in [0.25, 0.3) is 5.91 Å². The number of anilines is 1. The third-order valence-electron chi connectivity index (χ3n) is 3.88. The third-order valence-corrected chi connectivity index (χ3v) is 4.57. The van der Waals surface area contributed by atoms with Crippen LogP contribution in [0.3, 0.4) is 0 Å². The van der Waals surface area contributed by atoms with Gasteiger partial charge in [0.1, 0.15) is 17.8 Å². The summed E-state index contributed by atoms with van der Waals surface area (Å²) in [4.78, 5) is 14.1. The van der Waals surface area contributed by atoms with E-state index in [1.54, 1.807) is 12.1 Å². The first-order chi connectivity index (χ1) is 11.5. The summed E-state index contributed by atoms with van der Waals surface area (Å²) < 4.78 is 0. The van der Waals surface area contributed by atoms with Crippen molar-refractivity contribution in [2.45, 2.75) is 13.1 Å². The first-order valence-corrected chi connectivity index (χ1v) is 8.10. The van der Waals surface area contributed by atoms with Crippen LogP contribution in [0.1, 0.15) is 17.3 Å². The minimum Gasteiger partial charge on any atom is -0.327 e. The number of carbonyl (C=O) groups is 1. The summed E-state index contributed by atoms with van der Waals surface area (Å²) in [7, 11) is 0. The van der Waals surface area contributed by atoms with Crippen LogP contribution in [0, 0.1) is 18.3 Å². The molecule has 0 saturated heterocycles. The van der Waals surface area contributed by atoms with E-state index in [-0.39, 0.29) is 5.57 Å². The summed E-state index contributed by atoms with van der Waals surface area (Å²) in [5.41, 5.74) is 2.72. The molecule has 1 N–H and O–H groups in total. The van der Waals surface area contributed by atoms with Crippen molar-refractivity contribution in [2.75, 3.05) is 4.90 Å². The largest absolute Gasteiger partial charge is 0.327 e. The molecule has 0 fully saturated rings. The van der Waals surface area contributed by atoms with Crippen LogP contribution in [0.4, 0.5) is 5.69 Å². The Morgan fingerprint density at radius 1 is 1.21 bits per heavy atom. The molecule has 120 valence electrons. The van der Waals surface area contributed by atoms with Crippen molar-refractivity contribution >= 4 is 35.8 Å². The fraction of sp³-hybridized carbons (Fsp3) is 0.111. The van der Waals surface area contributed by atoms with E-state index < -0.39 is 12.1 Å². The highest BCUT2D eigenvalue weighted by molar-refractivity contribution is 7.84. The zero-order chi connectivity index (χ0) is 17.3. The molecule has 6 heteroatoms. The number of carbonyl (C=O) groups excluding carboxylic acids is 1. The fourth-order valence-corrected chi connectivity index (χ4v) is 3.17. The van der Waals surface area contributed by atoms with Crippen LogP contribution < -0.4 is 10.2 Å².